The largest absolute Gasteiger partial charge is 0.296 e. The van der Waals surface area contributed by atoms with E-state index in [4.69, 9.17) is 0 Å². The third-order valence-corrected chi connectivity index (χ3v) is 7.47. The fraction of sp³-hybridized carbons (Fsp3) is 0.167. The molecule has 2 aromatic carbocycles. The minimum absolute atomic E-state index is 0.0491. The van der Waals surface area contributed by atoms with Crippen LogP contribution in [-0.4, -0.2) is 30.6 Å². The molecule has 0 saturated heterocycles. The zero-order valence-electron chi connectivity index (χ0n) is 14.7. The molecule has 0 saturated carbocycles. The number of para-hydroxylation sites is 1. The number of benzene rings is 2. The first-order valence-electron chi connectivity index (χ1n) is 8.39. The molecule has 144 valence electrons. The molecule has 1 atom stereocenters. The molecular weight excluding hydrogens is 403 g/mol. The number of carbonyl (C=O) groups excluding carboxylic acids is 1. The molecule has 0 unspecified atom stereocenters. The number of anilines is 2. The lowest BCUT2D eigenvalue weighted by atomic mass is 10.1. The summed E-state index contributed by atoms with van der Waals surface area (Å²) in [7, 11) is -3.91. The number of sulfonamides is 1. The third-order valence-electron chi connectivity index (χ3n) is 4.36. The minimum atomic E-state index is -3.91. The van der Waals surface area contributed by atoms with Crippen LogP contribution in [0, 0.1) is 5.82 Å². The maximum Gasteiger partial charge on any atom is 0.293 e. The second-order valence-electron chi connectivity index (χ2n) is 6.32. The van der Waals surface area contributed by atoms with E-state index in [1.807, 2.05) is 19.1 Å². The molecule has 3 aromatic rings. The number of carbonyl (C=O) groups is 1. The molecule has 0 radical (unpaired) electrons. The Morgan fingerprint density at radius 3 is 2.64 bits per heavy atom. The van der Waals surface area contributed by atoms with Crippen LogP contribution in [0.4, 0.5) is 15.2 Å². The van der Waals surface area contributed by atoms with Crippen molar-refractivity contribution in [3.05, 3.63) is 65.5 Å². The molecule has 7 nitrogen and oxygen atoms in total. The molecule has 10 heteroatoms. The summed E-state index contributed by atoms with van der Waals surface area (Å²) in [5.41, 5.74) is 1.80. The first kappa shape index (κ1) is 18.5. The Morgan fingerprint density at radius 2 is 1.89 bits per heavy atom. The van der Waals surface area contributed by atoms with Crippen molar-refractivity contribution < 1.29 is 17.6 Å². The van der Waals surface area contributed by atoms with Gasteiger partial charge in [0.15, 0.2) is 0 Å². The first-order chi connectivity index (χ1) is 13.4. The van der Waals surface area contributed by atoms with Gasteiger partial charge in [-0.2, -0.15) is 8.42 Å². The topological polar surface area (TPSA) is 92.3 Å². The smallest absolute Gasteiger partial charge is 0.293 e. The molecule has 0 spiro atoms. The summed E-state index contributed by atoms with van der Waals surface area (Å²) >= 11 is 0.772. The van der Waals surface area contributed by atoms with Crippen LogP contribution in [0.3, 0.4) is 0 Å². The average Bonchev–Trinajstić information content (AvgIpc) is 3.26. The molecule has 1 aliphatic heterocycles. The highest BCUT2D eigenvalue weighted by Gasteiger charge is 2.38. The van der Waals surface area contributed by atoms with Crippen molar-refractivity contribution in [3.63, 3.8) is 0 Å². The monoisotopic (exact) mass is 418 g/mol. The van der Waals surface area contributed by atoms with Gasteiger partial charge in [0.1, 0.15) is 5.82 Å². The van der Waals surface area contributed by atoms with Crippen molar-refractivity contribution in [1.29, 1.82) is 0 Å². The number of hydrogen-bond acceptors (Lipinski definition) is 6. The maximum atomic E-state index is 13.1. The van der Waals surface area contributed by atoms with Gasteiger partial charge < -0.3 is 0 Å². The number of nitrogens with one attached hydrogen (secondary N) is 1. The van der Waals surface area contributed by atoms with Gasteiger partial charge in [0, 0.05) is 11.6 Å². The molecule has 0 aliphatic carbocycles. The number of halogens is 1. The lowest BCUT2D eigenvalue weighted by Gasteiger charge is -2.22. The molecule has 0 fully saturated rings. The zero-order valence-corrected chi connectivity index (χ0v) is 16.3. The highest BCUT2D eigenvalue weighted by Crippen LogP contribution is 2.37. The Morgan fingerprint density at radius 1 is 1.18 bits per heavy atom. The lowest BCUT2D eigenvalue weighted by molar-refractivity contribution is 0.102. The zero-order chi connectivity index (χ0) is 19.9. The van der Waals surface area contributed by atoms with Gasteiger partial charge in [-0.15, -0.1) is 10.2 Å². The van der Waals surface area contributed by atoms with Gasteiger partial charge in [0.2, 0.25) is 5.13 Å². The number of nitrogens with zero attached hydrogens (tertiary/aromatic N) is 3. The van der Waals surface area contributed by atoms with E-state index in [2.05, 4.69) is 15.5 Å². The minimum Gasteiger partial charge on any atom is -0.296 e. The van der Waals surface area contributed by atoms with E-state index in [1.165, 1.54) is 16.4 Å². The third kappa shape index (κ3) is 3.25. The van der Waals surface area contributed by atoms with Gasteiger partial charge >= 0.3 is 0 Å². The van der Waals surface area contributed by atoms with Crippen molar-refractivity contribution >= 4 is 38.1 Å². The summed E-state index contributed by atoms with van der Waals surface area (Å²) in [5.74, 6) is -0.985. The summed E-state index contributed by atoms with van der Waals surface area (Å²) in [5, 5.41) is 10.1. The number of hydrogen-bond donors (Lipinski definition) is 1. The van der Waals surface area contributed by atoms with Crippen molar-refractivity contribution in [3.8, 4) is 0 Å². The van der Waals surface area contributed by atoms with Gasteiger partial charge in [-0.1, -0.05) is 29.5 Å². The molecule has 4 rings (SSSR count). The molecular formula is C18H15FN4O3S2. The van der Waals surface area contributed by atoms with Crippen LogP contribution in [0.15, 0.2) is 52.9 Å². The van der Waals surface area contributed by atoms with Gasteiger partial charge in [-0.25, -0.2) is 4.39 Å². The van der Waals surface area contributed by atoms with E-state index >= 15 is 0 Å². The Kier molecular flexibility index (Phi) is 4.60. The van der Waals surface area contributed by atoms with E-state index in [-0.39, 0.29) is 21.1 Å². The molecule has 1 amide bonds. The van der Waals surface area contributed by atoms with Crippen molar-refractivity contribution in [2.75, 3.05) is 9.62 Å². The summed E-state index contributed by atoms with van der Waals surface area (Å²) in [6.07, 6.45) is 0.613. The van der Waals surface area contributed by atoms with Gasteiger partial charge in [0.05, 0.1) is 5.69 Å². The Labute approximate surface area is 164 Å². The molecule has 1 N–H and O–H groups in total. The van der Waals surface area contributed by atoms with E-state index in [1.54, 1.807) is 12.1 Å². The van der Waals surface area contributed by atoms with Crippen LogP contribution < -0.4 is 9.62 Å². The fourth-order valence-corrected chi connectivity index (χ4v) is 5.79. The van der Waals surface area contributed by atoms with Crippen molar-refractivity contribution in [2.24, 2.45) is 0 Å². The Hall–Kier alpha value is -2.85. The predicted molar refractivity (Wildman–Crippen MR) is 104 cm³/mol. The van der Waals surface area contributed by atoms with E-state index in [0.717, 1.165) is 29.0 Å². The number of rotatable bonds is 4. The van der Waals surface area contributed by atoms with Crippen molar-refractivity contribution in [1.82, 2.24) is 10.2 Å². The predicted octanol–water partition coefficient (Wildman–Crippen LogP) is 3.07. The normalized spacial score (nSPS) is 16.1. The standard InChI is InChI=1S/C18H15FN4O3S2/c1-11-10-13-4-2-3-5-15(13)23(11)28(25,26)18-22-21-17(27-18)20-16(24)12-6-8-14(19)9-7-12/h2-9,11H,10H2,1H3,(H,20,21,24)/t11-/m1/s1. The van der Waals surface area contributed by atoms with Gasteiger partial charge in [-0.3, -0.25) is 14.4 Å². The number of fused-ring (bicyclic) bond motifs is 1. The summed E-state index contributed by atoms with van der Waals surface area (Å²) in [6, 6.07) is 12.0. The van der Waals surface area contributed by atoms with Crippen LogP contribution in [0.25, 0.3) is 0 Å². The second kappa shape index (κ2) is 6.95. The molecule has 1 aromatic heterocycles. The van der Waals surface area contributed by atoms with Crippen LogP contribution in [0.2, 0.25) is 0 Å². The SMILES string of the molecule is C[C@@H]1Cc2ccccc2N1S(=O)(=O)c1nnc(NC(=O)c2ccc(F)cc2)s1. The number of amides is 1. The second-order valence-corrected chi connectivity index (χ2v) is 9.28. The molecule has 0 bridgehead atoms. The van der Waals surface area contributed by atoms with Crippen LogP contribution in [0.1, 0.15) is 22.8 Å². The van der Waals surface area contributed by atoms with E-state index < -0.39 is 21.7 Å². The van der Waals surface area contributed by atoms with Gasteiger partial charge in [-0.05, 0) is 49.2 Å². The lowest BCUT2D eigenvalue weighted by Crippen LogP contribution is -2.35. The van der Waals surface area contributed by atoms with Crippen LogP contribution in [0.5, 0.6) is 0 Å². The Bertz CT molecular complexity index is 1150. The van der Waals surface area contributed by atoms with E-state index in [0.29, 0.717) is 12.1 Å². The van der Waals surface area contributed by atoms with E-state index in [9.17, 15) is 17.6 Å². The Balaban J connectivity index is 1.58. The average molecular weight is 418 g/mol. The summed E-state index contributed by atoms with van der Waals surface area (Å²) in [4.78, 5) is 12.2. The maximum absolute atomic E-state index is 13.1. The van der Waals surface area contributed by atoms with Gasteiger partial charge in [0.25, 0.3) is 20.3 Å². The first-order valence-corrected chi connectivity index (χ1v) is 10.6. The molecule has 28 heavy (non-hydrogen) atoms. The molecule has 1 aliphatic rings. The quantitative estimate of drug-likeness (QED) is 0.658. The molecule has 2 heterocycles. The van der Waals surface area contributed by atoms with Crippen molar-refractivity contribution in [2.45, 2.75) is 23.7 Å². The van der Waals surface area contributed by atoms with Crippen LogP contribution in [-0.2, 0) is 16.4 Å². The number of aromatic nitrogens is 2. The summed E-state index contributed by atoms with van der Waals surface area (Å²) < 4.78 is 40.3. The highest BCUT2D eigenvalue weighted by molar-refractivity contribution is 7.94. The summed E-state index contributed by atoms with van der Waals surface area (Å²) in [6.45, 7) is 1.83. The highest BCUT2D eigenvalue weighted by atomic mass is 32.2. The fourth-order valence-electron chi connectivity index (χ4n) is 3.12. The van der Waals surface area contributed by atoms with Crippen LogP contribution >= 0.6 is 11.3 Å².